The Kier molecular flexibility index (Phi) is 4.31. The first-order chi connectivity index (χ1) is 7.01. The minimum absolute atomic E-state index is 0.303. The largest absolute Gasteiger partial charge is 0.265 e. The van der Waals surface area contributed by atoms with Gasteiger partial charge in [-0.15, -0.1) is 0 Å². The molecule has 0 aliphatic carbocycles. The fraction of sp³-hybridized carbons (Fsp3) is 0.333. The molecular formula is C9H10NO3S2. The molecule has 1 rings (SSSR count). The van der Waals surface area contributed by atoms with Crippen LogP contribution in [0.15, 0.2) is 24.4 Å². The predicted octanol–water partition coefficient (Wildman–Crippen LogP) is 0.846. The second kappa shape index (κ2) is 5.29. The first kappa shape index (κ1) is 12.2. The molecular weight excluding hydrogens is 234 g/mol. The third-order valence-corrected chi connectivity index (χ3v) is 2.39. The van der Waals surface area contributed by atoms with Crippen molar-refractivity contribution in [2.45, 2.75) is 12.5 Å². The summed E-state index contributed by atoms with van der Waals surface area (Å²) in [6.07, 6.45) is 2.14. The van der Waals surface area contributed by atoms with E-state index in [1.54, 1.807) is 18.3 Å². The Balaban J connectivity index is 2.67. The first-order valence-corrected chi connectivity index (χ1v) is 6.39. The molecule has 0 bridgehead atoms. The fourth-order valence-corrected chi connectivity index (χ4v) is 1.75. The normalized spacial score (nSPS) is 13.4. The molecule has 1 radical (unpaired) electrons. The van der Waals surface area contributed by atoms with Gasteiger partial charge in [-0.2, -0.15) is 8.42 Å². The summed E-state index contributed by atoms with van der Waals surface area (Å²) in [4.78, 5) is 4.04. The van der Waals surface area contributed by atoms with Crippen LogP contribution in [0.4, 0.5) is 0 Å². The number of rotatable bonds is 5. The maximum absolute atomic E-state index is 10.9. The van der Waals surface area contributed by atoms with Gasteiger partial charge in [0, 0.05) is 18.3 Å². The molecule has 1 atom stereocenters. The van der Waals surface area contributed by atoms with Gasteiger partial charge in [0.1, 0.15) is 6.10 Å². The maximum atomic E-state index is 10.9. The monoisotopic (exact) mass is 244 g/mol. The molecule has 0 saturated carbocycles. The highest BCUT2D eigenvalue weighted by atomic mass is 32.2. The van der Waals surface area contributed by atoms with Crippen molar-refractivity contribution in [2.24, 2.45) is 0 Å². The van der Waals surface area contributed by atoms with Gasteiger partial charge < -0.3 is 0 Å². The van der Waals surface area contributed by atoms with E-state index in [2.05, 4.69) is 22.6 Å². The van der Waals surface area contributed by atoms with Gasteiger partial charge in [-0.25, -0.2) is 0 Å². The van der Waals surface area contributed by atoms with E-state index in [-0.39, 0.29) is 0 Å². The Morgan fingerprint density at radius 2 is 2.33 bits per heavy atom. The van der Waals surface area contributed by atoms with Gasteiger partial charge >= 0.3 is 0 Å². The zero-order valence-corrected chi connectivity index (χ0v) is 9.72. The lowest BCUT2D eigenvalue weighted by atomic mass is 10.2. The minimum Gasteiger partial charge on any atom is -0.261 e. The molecule has 0 amide bonds. The summed E-state index contributed by atoms with van der Waals surface area (Å²) >= 11 is 4.57. The molecule has 1 aromatic heterocycles. The summed E-state index contributed by atoms with van der Waals surface area (Å²) in [5.41, 5.74) is 0.712. The van der Waals surface area contributed by atoms with Gasteiger partial charge in [0.15, 0.2) is 0 Å². The molecule has 0 fully saturated rings. The number of nitrogens with zero attached hydrogens (tertiary/aromatic N) is 1. The van der Waals surface area contributed by atoms with Gasteiger partial charge in [0.2, 0.25) is 0 Å². The van der Waals surface area contributed by atoms with Crippen molar-refractivity contribution < 1.29 is 12.6 Å². The number of hydrogen-bond donors (Lipinski definition) is 0. The summed E-state index contributed by atoms with van der Waals surface area (Å²) in [5.74, 6) is 0. The molecule has 0 aromatic carbocycles. The average molecular weight is 244 g/mol. The van der Waals surface area contributed by atoms with E-state index in [1.807, 2.05) is 6.07 Å². The first-order valence-electron chi connectivity index (χ1n) is 4.17. The van der Waals surface area contributed by atoms with Crippen LogP contribution in [0, 0.1) is 0 Å². The molecule has 0 spiro atoms. The highest BCUT2D eigenvalue weighted by Crippen LogP contribution is 2.04. The lowest BCUT2D eigenvalue weighted by Crippen LogP contribution is -2.21. The zero-order chi connectivity index (χ0) is 11.3. The molecule has 1 heterocycles. The Morgan fingerprint density at radius 1 is 1.60 bits per heavy atom. The molecule has 4 nitrogen and oxygen atoms in total. The van der Waals surface area contributed by atoms with E-state index in [4.69, 9.17) is 4.18 Å². The van der Waals surface area contributed by atoms with Crippen molar-refractivity contribution in [2.75, 3.05) is 6.26 Å². The van der Waals surface area contributed by atoms with E-state index in [9.17, 15) is 8.42 Å². The quantitative estimate of drug-likeness (QED) is 0.567. The molecule has 0 aliphatic heterocycles. The van der Waals surface area contributed by atoms with Crippen LogP contribution in [-0.2, 0) is 20.7 Å². The average Bonchev–Trinajstić information content (AvgIpc) is 2.16. The van der Waals surface area contributed by atoms with E-state index < -0.39 is 16.2 Å². The van der Waals surface area contributed by atoms with Crippen LogP contribution >= 0.6 is 12.2 Å². The van der Waals surface area contributed by atoms with Gasteiger partial charge in [0.05, 0.1) is 11.6 Å². The zero-order valence-electron chi connectivity index (χ0n) is 8.08. The van der Waals surface area contributed by atoms with Crippen molar-refractivity contribution in [1.82, 2.24) is 4.98 Å². The Hall–Kier alpha value is -0.850. The smallest absolute Gasteiger partial charge is 0.261 e. The Morgan fingerprint density at radius 3 is 2.80 bits per heavy atom. The maximum Gasteiger partial charge on any atom is 0.265 e. The Bertz CT molecular complexity index is 416. The molecule has 0 saturated heterocycles. The molecule has 15 heavy (non-hydrogen) atoms. The summed E-state index contributed by atoms with van der Waals surface area (Å²) in [6, 6.07) is 5.35. The summed E-state index contributed by atoms with van der Waals surface area (Å²) in [5, 5.41) is 2.35. The van der Waals surface area contributed by atoms with Crippen LogP contribution in [0.2, 0.25) is 0 Å². The Labute approximate surface area is 94.4 Å². The minimum atomic E-state index is -3.51. The lowest BCUT2D eigenvalue weighted by Gasteiger charge is -2.09. The SMILES string of the molecule is CS(=O)(=O)OC([C]=S)Cc1ccccn1. The molecule has 1 aromatic rings. The number of aromatic nitrogens is 1. The van der Waals surface area contributed by atoms with Crippen molar-refractivity contribution in [3.63, 3.8) is 0 Å². The summed E-state index contributed by atoms with van der Waals surface area (Å²) in [7, 11) is -3.51. The predicted molar refractivity (Wildman–Crippen MR) is 60.3 cm³/mol. The van der Waals surface area contributed by atoms with Gasteiger partial charge in [-0.05, 0) is 12.1 Å². The molecule has 6 heteroatoms. The number of thiocarbonyl (C=S) groups is 1. The van der Waals surface area contributed by atoms with Crippen LogP contribution in [0.5, 0.6) is 0 Å². The third kappa shape index (κ3) is 4.96. The summed E-state index contributed by atoms with van der Waals surface area (Å²) < 4.78 is 26.4. The lowest BCUT2D eigenvalue weighted by molar-refractivity contribution is 0.280. The van der Waals surface area contributed by atoms with Crippen LogP contribution < -0.4 is 0 Å². The van der Waals surface area contributed by atoms with Crippen molar-refractivity contribution in [3.8, 4) is 0 Å². The number of hydrogen-bond acceptors (Lipinski definition) is 5. The van der Waals surface area contributed by atoms with E-state index in [0.29, 0.717) is 12.1 Å². The van der Waals surface area contributed by atoms with Gasteiger partial charge in [-0.3, -0.25) is 9.17 Å². The van der Waals surface area contributed by atoms with Crippen molar-refractivity contribution in [3.05, 3.63) is 30.1 Å². The highest BCUT2D eigenvalue weighted by Gasteiger charge is 2.14. The third-order valence-electron chi connectivity index (χ3n) is 1.54. The molecule has 81 valence electrons. The van der Waals surface area contributed by atoms with Crippen molar-refractivity contribution in [1.29, 1.82) is 0 Å². The van der Waals surface area contributed by atoms with Gasteiger partial charge in [0.25, 0.3) is 10.1 Å². The highest BCUT2D eigenvalue weighted by molar-refractivity contribution is 7.86. The number of pyridine rings is 1. The van der Waals surface area contributed by atoms with Crippen LogP contribution in [0.1, 0.15) is 5.69 Å². The van der Waals surface area contributed by atoms with Crippen LogP contribution in [-0.4, -0.2) is 31.1 Å². The van der Waals surface area contributed by atoms with Crippen molar-refractivity contribution >= 4 is 27.7 Å². The second-order valence-electron chi connectivity index (χ2n) is 2.93. The van der Waals surface area contributed by atoms with E-state index >= 15 is 0 Å². The fourth-order valence-electron chi connectivity index (χ4n) is 1.02. The summed E-state index contributed by atoms with van der Waals surface area (Å²) in [6.45, 7) is 0. The van der Waals surface area contributed by atoms with Crippen LogP contribution in [0.3, 0.4) is 0 Å². The molecule has 1 unspecified atom stereocenters. The van der Waals surface area contributed by atoms with E-state index in [0.717, 1.165) is 6.26 Å². The standard InChI is InChI=1S/C9H10NO3S2/c1-15(11,12)13-9(7-14)6-8-4-2-3-5-10-8/h2-5,9H,6H2,1H3. The molecule has 0 N–H and O–H groups in total. The van der Waals surface area contributed by atoms with Gasteiger partial charge in [-0.1, -0.05) is 18.3 Å². The topological polar surface area (TPSA) is 56.3 Å². The van der Waals surface area contributed by atoms with E-state index in [1.165, 1.54) is 0 Å². The molecule has 0 aliphatic rings. The van der Waals surface area contributed by atoms with Crippen LogP contribution in [0.25, 0.3) is 0 Å². The second-order valence-corrected chi connectivity index (χ2v) is 4.77.